The Bertz CT molecular complexity index is 1300. The Labute approximate surface area is 204 Å². The minimum Gasteiger partial charge on any atom is -0.441 e. The van der Waals surface area contributed by atoms with Gasteiger partial charge in [0.05, 0.1) is 23.6 Å². The number of aryl methyl sites for hydroxylation is 2. The molecule has 1 aliphatic rings. The summed E-state index contributed by atoms with van der Waals surface area (Å²) < 4.78 is 9.47. The number of aliphatic hydroxyl groups is 1. The van der Waals surface area contributed by atoms with Gasteiger partial charge < -0.3 is 19.6 Å². The van der Waals surface area contributed by atoms with Gasteiger partial charge in [0, 0.05) is 69.8 Å². The van der Waals surface area contributed by atoms with Gasteiger partial charge in [-0.1, -0.05) is 35.9 Å². The van der Waals surface area contributed by atoms with Gasteiger partial charge in [-0.2, -0.15) is 10.2 Å². The van der Waals surface area contributed by atoms with E-state index >= 15 is 0 Å². The average Bonchev–Trinajstić information content (AvgIpc) is 3.50. The zero-order valence-electron chi connectivity index (χ0n) is 20.0. The number of aromatic nitrogens is 4. The number of anilines is 1. The highest BCUT2D eigenvalue weighted by Crippen LogP contribution is 2.27. The first kappa shape index (κ1) is 22.9. The van der Waals surface area contributed by atoms with Gasteiger partial charge in [0.15, 0.2) is 0 Å². The van der Waals surface area contributed by atoms with Crippen LogP contribution in [-0.2, 0) is 11.8 Å². The van der Waals surface area contributed by atoms with Crippen LogP contribution < -0.4 is 4.90 Å². The molecule has 1 N–H and O–H groups in total. The molecule has 35 heavy (non-hydrogen) atoms. The number of fused-ring (bicyclic) bond motifs is 1. The van der Waals surface area contributed by atoms with E-state index in [0.717, 1.165) is 33.5 Å². The predicted molar refractivity (Wildman–Crippen MR) is 133 cm³/mol. The fraction of sp³-hybridized carbons (Fsp3) is 0.346. The molecule has 1 aromatic carbocycles. The number of aliphatic hydroxyl groups excluding tert-OH is 1. The molecule has 1 fully saturated rings. The molecule has 1 unspecified atom stereocenters. The van der Waals surface area contributed by atoms with Crippen molar-refractivity contribution >= 4 is 17.3 Å². The number of hydrogen-bond acceptors (Lipinski definition) is 6. The summed E-state index contributed by atoms with van der Waals surface area (Å²) in [6.07, 6.45) is 7.28. The molecule has 0 aliphatic carbocycles. The van der Waals surface area contributed by atoms with E-state index in [0.29, 0.717) is 32.6 Å². The van der Waals surface area contributed by atoms with Crippen LogP contribution in [0.4, 0.5) is 10.5 Å². The van der Waals surface area contributed by atoms with Crippen molar-refractivity contribution in [2.24, 2.45) is 7.05 Å². The van der Waals surface area contributed by atoms with Crippen molar-refractivity contribution in [3.63, 3.8) is 0 Å². The van der Waals surface area contributed by atoms with E-state index in [9.17, 15) is 9.90 Å². The van der Waals surface area contributed by atoms with Crippen molar-refractivity contribution in [1.82, 2.24) is 24.3 Å². The number of carbonyl (C=O) groups excluding carboxylic acids is 1. The van der Waals surface area contributed by atoms with Gasteiger partial charge in [0.25, 0.3) is 0 Å². The lowest BCUT2D eigenvalue weighted by molar-refractivity contribution is 0.0488. The van der Waals surface area contributed by atoms with Crippen LogP contribution in [-0.4, -0.2) is 68.3 Å². The van der Waals surface area contributed by atoms with Crippen molar-refractivity contribution in [3.05, 3.63) is 72.3 Å². The van der Waals surface area contributed by atoms with Gasteiger partial charge in [0.1, 0.15) is 6.10 Å². The summed E-state index contributed by atoms with van der Waals surface area (Å²) in [6.45, 7) is 4.47. The lowest BCUT2D eigenvalue weighted by Crippen LogP contribution is -2.49. The number of amides is 1. The average molecular weight is 475 g/mol. The molecule has 182 valence electrons. The van der Waals surface area contributed by atoms with Gasteiger partial charge in [-0.3, -0.25) is 4.68 Å². The van der Waals surface area contributed by atoms with Gasteiger partial charge in [-0.05, 0) is 18.6 Å². The molecular weight excluding hydrogens is 444 g/mol. The molecule has 0 bridgehead atoms. The number of nitrogens with zero attached hydrogens (tertiary/aromatic N) is 6. The fourth-order valence-electron chi connectivity index (χ4n) is 4.47. The third kappa shape index (κ3) is 4.85. The van der Waals surface area contributed by atoms with Gasteiger partial charge in [-0.25, -0.2) is 9.31 Å². The molecule has 0 radical (unpaired) electrons. The monoisotopic (exact) mass is 474 g/mol. The quantitative estimate of drug-likeness (QED) is 0.461. The van der Waals surface area contributed by atoms with E-state index in [4.69, 9.17) is 4.74 Å². The fourth-order valence-corrected chi connectivity index (χ4v) is 4.47. The summed E-state index contributed by atoms with van der Waals surface area (Å²) in [5.74, 6) is 0. The van der Waals surface area contributed by atoms with E-state index in [1.54, 1.807) is 9.58 Å². The standard InChI is InChI=1S/C26H30N6O3/c1-19-3-5-20(6-4-19)25(9-14-33)35-26(34)31-12-10-30(11-13-31)24-16-28-32-18-21(7-8-23(24)32)22-15-27-29(2)17-22/h3-8,15-18,25,33H,9-14H2,1-2H3. The van der Waals surface area contributed by atoms with Crippen LogP contribution >= 0.6 is 0 Å². The van der Waals surface area contributed by atoms with Crippen LogP contribution in [0.25, 0.3) is 16.6 Å². The molecule has 4 aromatic rings. The van der Waals surface area contributed by atoms with E-state index < -0.39 is 6.10 Å². The Balaban J connectivity index is 1.23. The summed E-state index contributed by atoms with van der Waals surface area (Å²) in [7, 11) is 1.90. The van der Waals surface area contributed by atoms with Crippen molar-refractivity contribution < 1.29 is 14.6 Å². The lowest BCUT2D eigenvalue weighted by Gasteiger charge is -2.35. The number of pyridine rings is 1. The second-order valence-electron chi connectivity index (χ2n) is 8.95. The molecule has 3 aromatic heterocycles. The summed E-state index contributed by atoms with van der Waals surface area (Å²) >= 11 is 0. The molecule has 1 amide bonds. The maximum atomic E-state index is 12.9. The van der Waals surface area contributed by atoms with Crippen molar-refractivity contribution in [1.29, 1.82) is 0 Å². The zero-order valence-corrected chi connectivity index (χ0v) is 20.0. The maximum Gasteiger partial charge on any atom is 0.410 e. The first-order valence-electron chi connectivity index (χ1n) is 11.9. The molecule has 1 atom stereocenters. The molecule has 1 aliphatic heterocycles. The second kappa shape index (κ2) is 9.79. The van der Waals surface area contributed by atoms with Crippen molar-refractivity contribution in [3.8, 4) is 11.1 Å². The van der Waals surface area contributed by atoms with Crippen LogP contribution in [0.5, 0.6) is 0 Å². The highest BCUT2D eigenvalue weighted by Gasteiger charge is 2.26. The van der Waals surface area contributed by atoms with Crippen LogP contribution in [0.3, 0.4) is 0 Å². The van der Waals surface area contributed by atoms with E-state index in [-0.39, 0.29) is 12.7 Å². The molecule has 0 spiro atoms. The summed E-state index contributed by atoms with van der Waals surface area (Å²) in [5, 5.41) is 18.3. The Morgan fingerprint density at radius 1 is 1.00 bits per heavy atom. The zero-order chi connectivity index (χ0) is 24.4. The van der Waals surface area contributed by atoms with Crippen molar-refractivity contribution in [2.75, 3.05) is 37.7 Å². The van der Waals surface area contributed by atoms with Crippen LogP contribution in [0.1, 0.15) is 23.7 Å². The minimum absolute atomic E-state index is 0.0448. The van der Waals surface area contributed by atoms with Gasteiger partial charge in [-0.15, -0.1) is 0 Å². The topological polar surface area (TPSA) is 88.1 Å². The molecule has 0 saturated carbocycles. The number of rotatable bonds is 6. The first-order valence-corrected chi connectivity index (χ1v) is 11.9. The summed E-state index contributed by atoms with van der Waals surface area (Å²) in [6, 6.07) is 12.0. The molecular formula is C26H30N6O3. The highest BCUT2D eigenvalue weighted by molar-refractivity contribution is 5.76. The number of benzene rings is 1. The summed E-state index contributed by atoms with van der Waals surface area (Å²) in [4.78, 5) is 16.9. The minimum atomic E-state index is -0.459. The van der Waals surface area contributed by atoms with Crippen LogP contribution in [0.15, 0.2) is 61.2 Å². The second-order valence-corrected chi connectivity index (χ2v) is 8.95. The number of ether oxygens (including phenoxy) is 1. The van der Waals surface area contributed by atoms with Crippen LogP contribution in [0.2, 0.25) is 0 Å². The summed E-state index contributed by atoms with van der Waals surface area (Å²) in [5.41, 5.74) is 6.21. The van der Waals surface area contributed by atoms with Gasteiger partial charge >= 0.3 is 6.09 Å². The molecule has 5 rings (SSSR count). The third-order valence-corrected chi connectivity index (χ3v) is 6.50. The van der Waals surface area contributed by atoms with Gasteiger partial charge in [0.2, 0.25) is 0 Å². The largest absolute Gasteiger partial charge is 0.441 e. The first-order chi connectivity index (χ1) is 17.0. The highest BCUT2D eigenvalue weighted by atomic mass is 16.6. The Morgan fingerprint density at radius 3 is 2.46 bits per heavy atom. The smallest absolute Gasteiger partial charge is 0.410 e. The van der Waals surface area contributed by atoms with E-state index in [1.165, 1.54) is 0 Å². The van der Waals surface area contributed by atoms with Crippen molar-refractivity contribution in [2.45, 2.75) is 19.4 Å². The molecule has 4 heterocycles. The van der Waals surface area contributed by atoms with E-state index in [2.05, 4.69) is 27.2 Å². The van der Waals surface area contributed by atoms with E-state index in [1.807, 2.05) is 67.5 Å². The molecule has 1 saturated heterocycles. The predicted octanol–water partition coefficient (Wildman–Crippen LogP) is 3.43. The molecule has 9 nitrogen and oxygen atoms in total. The van der Waals surface area contributed by atoms with Crippen LogP contribution in [0, 0.1) is 6.92 Å². The third-order valence-electron chi connectivity index (χ3n) is 6.50. The molecule has 9 heteroatoms. The SMILES string of the molecule is Cc1ccc(C(CCO)OC(=O)N2CCN(c3cnn4cc(-c5cnn(C)c5)ccc34)CC2)cc1. The Morgan fingerprint density at radius 2 is 1.77 bits per heavy atom. The maximum absolute atomic E-state index is 12.9. The number of hydrogen-bond donors (Lipinski definition) is 1. The normalized spacial score (nSPS) is 14.9. The lowest BCUT2D eigenvalue weighted by atomic mass is 10.1. The number of carbonyl (C=O) groups is 1. The Hall–Kier alpha value is -3.85. The Kier molecular flexibility index (Phi) is 6.41. The number of piperazine rings is 1.